The first-order valence-corrected chi connectivity index (χ1v) is 8.39. The third-order valence-corrected chi connectivity index (χ3v) is 4.00. The number of carbonyl (C=O) groups is 2. The van der Waals surface area contributed by atoms with Crippen LogP contribution >= 0.6 is 0 Å². The van der Waals surface area contributed by atoms with Crippen LogP contribution in [0.1, 0.15) is 10.4 Å². The van der Waals surface area contributed by atoms with E-state index in [1.54, 1.807) is 29.2 Å². The van der Waals surface area contributed by atoms with Crippen LogP contribution in [0.15, 0.2) is 42.5 Å². The van der Waals surface area contributed by atoms with Gasteiger partial charge in [-0.15, -0.1) is 0 Å². The van der Waals surface area contributed by atoms with Crippen LogP contribution in [0.5, 0.6) is 5.75 Å². The minimum absolute atomic E-state index is 0.221. The highest BCUT2D eigenvalue weighted by atomic mass is 19.1. The fourth-order valence-corrected chi connectivity index (χ4v) is 2.64. The molecule has 1 aliphatic heterocycles. The highest BCUT2D eigenvalue weighted by Crippen LogP contribution is 2.21. The summed E-state index contributed by atoms with van der Waals surface area (Å²) in [7, 11) is 0. The van der Waals surface area contributed by atoms with Crippen LogP contribution in [-0.2, 0) is 9.53 Å². The van der Waals surface area contributed by atoms with E-state index in [0.717, 1.165) is 12.1 Å². The van der Waals surface area contributed by atoms with Crippen LogP contribution in [0.4, 0.5) is 14.5 Å². The molecule has 1 saturated heterocycles. The number of hydrogen-bond donors (Lipinski definition) is 1. The van der Waals surface area contributed by atoms with Crippen molar-refractivity contribution in [3.63, 3.8) is 0 Å². The number of halogens is 2. The number of ether oxygens (including phenoxy) is 2. The van der Waals surface area contributed by atoms with E-state index < -0.39 is 29.8 Å². The van der Waals surface area contributed by atoms with Crippen LogP contribution in [0.2, 0.25) is 0 Å². The summed E-state index contributed by atoms with van der Waals surface area (Å²) in [5, 5.41) is 2.13. The minimum Gasteiger partial charge on any atom is -0.483 e. The van der Waals surface area contributed by atoms with E-state index in [1.165, 1.54) is 6.07 Å². The summed E-state index contributed by atoms with van der Waals surface area (Å²) in [5.41, 5.74) is -0.229. The highest BCUT2D eigenvalue weighted by molar-refractivity contribution is 5.97. The van der Waals surface area contributed by atoms with Crippen molar-refractivity contribution in [2.24, 2.45) is 0 Å². The van der Waals surface area contributed by atoms with Gasteiger partial charge in [0.2, 0.25) is 0 Å². The molecule has 1 heterocycles. The second kappa shape index (κ2) is 8.59. The Bertz CT molecular complexity index is 818. The Labute approximate surface area is 154 Å². The molecule has 1 N–H and O–H groups in total. The molecule has 0 bridgehead atoms. The second-order valence-corrected chi connectivity index (χ2v) is 5.83. The minimum atomic E-state index is -0.883. The van der Waals surface area contributed by atoms with E-state index in [1.807, 2.05) is 0 Å². The second-order valence-electron chi connectivity index (χ2n) is 5.83. The van der Waals surface area contributed by atoms with Gasteiger partial charge in [0.15, 0.2) is 6.61 Å². The number of nitrogens with one attached hydrogen (secondary N) is 1. The number of benzene rings is 2. The van der Waals surface area contributed by atoms with Gasteiger partial charge in [-0.1, -0.05) is 18.2 Å². The lowest BCUT2D eigenvalue weighted by atomic mass is 10.1. The average molecular weight is 376 g/mol. The van der Waals surface area contributed by atoms with Crippen molar-refractivity contribution in [2.45, 2.75) is 0 Å². The van der Waals surface area contributed by atoms with E-state index in [-0.39, 0.29) is 11.7 Å². The molecule has 0 saturated carbocycles. The zero-order valence-electron chi connectivity index (χ0n) is 14.4. The molecule has 1 fully saturated rings. The van der Waals surface area contributed by atoms with Crippen LogP contribution in [-0.4, -0.2) is 49.6 Å². The van der Waals surface area contributed by atoms with Crippen molar-refractivity contribution < 1.29 is 27.8 Å². The van der Waals surface area contributed by atoms with Crippen LogP contribution in [0.3, 0.4) is 0 Å². The Morgan fingerprint density at radius 1 is 1.04 bits per heavy atom. The number of rotatable bonds is 5. The third-order valence-electron chi connectivity index (χ3n) is 4.00. The molecule has 1 aliphatic rings. The molecule has 3 rings (SSSR count). The van der Waals surface area contributed by atoms with E-state index in [9.17, 15) is 18.4 Å². The maximum atomic E-state index is 13.6. The van der Waals surface area contributed by atoms with Gasteiger partial charge in [0, 0.05) is 13.1 Å². The topological polar surface area (TPSA) is 67.9 Å². The lowest BCUT2D eigenvalue weighted by molar-refractivity contribution is -0.118. The Morgan fingerprint density at radius 2 is 1.70 bits per heavy atom. The summed E-state index contributed by atoms with van der Waals surface area (Å²) in [6, 6.07) is 9.79. The maximum Gasteiger partial charge on any atom is 0.262 e. The van der Waals surface area contributed by atoms with Crippen LogP contribution in [0.25, 0.3) is 0 Å². The van der Waals surface area contributed by atoms with Gasteiger partial charge < -0.3 is 19.7 Å². The normalized spacial score (nSPS) is 13.9. The molecular weight excluding hydrogens is 358 g/mol. The van der Waals surface area contributed by atoms with Crippen LogP contribution < -0.4 is 10.1 Å². The van der Waals surface area contributed by atoms with Crippen molar-refractivity contribution in [3.8, 4) is 5.75 Å². The Hall–Kier alpha value is -3.00. The number of carbonyl (C=O) groups excluding carboxylic acids is 2. The molecule has 0 unspecified atom stereocenters. The number of nitrogens with zero attached hydrogens (tertiary/aromatic N) is 1. The molecule has 142 valence electrons. The molecule has 2 aromatic rings. The number of amides is 2. The molecule has 0 aromatic heterocycles. The standard InChI is InChI=1S/C19H18F2N2O4/c20-14-5-3-6-15(21)18(14)22-17(24)12-27-16-7-2-1-4-13(16)19(25)23-8-10-26-11-9-23/h1-7H,8-12H2,(H,22,24). The SMILES string of the molecule is O=C(COc1ccccc1C(=O)N1CCOCC1)Nc1c(F)cccc1F. The average Bonchev–Trinajstić information content (AvgIpc) is 2.69. The first-order valence-electron chi connectivity index (χ1n) is 8.39. The van der Waals surface area contributed by atoms with E-state index >= 15 is 0 Å². The quantitative estimate of drug-likeness (QED) is 0.871. The molecule has 0 radical (unpaired) electrons. The summed E-state index contributed by atoms with van der Waals surface area (Å²) in [5.74, 6) is -2.52. The number of para-hydroxylation sites is 2. The fourth-order valence-electron chi connectivity index (χ4n) is 2.64. The van der Waals surface area contributed by atoms with Gasteiger partial charge >= 0.3 is 0 Å². The first kappa shape index (κ1) is 18.8. The first-order chi connectivity index (χ1) is 13.1. The Balaban J connectivity index is 1.66. The highest BCUT2D eigenvalue weighted by Gasteiger charge is 2.22. The molecular formula is C19H18F2N2O4. The fraction of sp³-hybridized carbons (Fsp3) is 0.263. The van der Waals surface area contributed by atoms with Crippen molar-refractivity contribution in [3.05, 3.63) is 59.7 Å². The number of hydrogen-bond acceptors (Lipinski definition) is 4. The zero-order chi connectivity index (χ0) is 19.2. The summed E-state index contributed by atoms with van der Waals surface area (Å²) in [6.07, 6.45) is 0. The predicted octanol–water partition coefficient (Wildman–Crippen LogP) is 2.45. The van der Waals surface area contributed by atoms with Gasteiger partial charge in [0.05, 0.1) is 18.8 Å². The van der Waals surface area contributed by atoms with Gasteiger partial charge in [0.25, 0.3) is 11.8 Å². The number of anilines is 1. The summed E-state index contributed by atoms with van der Waals surface area (Å²) < 4.78 is 37.8. The molecule has 2 aromatic carbocycles. The monoisotopic (exact) mass is 376 g/mol. The van der Waals surface area contributed by atoms with Crippen LogP contribution in [0, 0.1) is 11.6 Å². The molecule has 2 amide bonds. The van der Waals surface area contributed by atoms with Crippen molar-refractivity contribution >= 4 is 17.5 Å². The van der Waals surface area contributed by atoms with E-state index in [4.69, 9.17) is 9.47 Å². The van der Waals surface area contributed by atoms with E-state index in [0.29, 0.717) is 31.9 Å². The van der Waals surface area contributed by atoms with Gasteiger partial charge in [-0.3, -0.25) is 9.59 Å². The Kier molecular flexibility index (Phi) is 5.97. The van der Waals surface area contributed by atoms with Gasteiger partial charge in [-0.2, -0.15) is 0 Å². The molecule has 27 heavy (non-hydrogen) atoms. The molecule has 0 spiro atoms. The Morgan fingerprint density at radius 3 is 2.41 bits per heavy atom. The van der Waals surface area contributed by atoms with Crippen molar-refractivity contribution in [2.75, 3.05) is 38.2 Å². The summed E-state index contributed by atoms with van der Waals surface area (Å²) >= 11 is 0. The lowest BCUT2D eigenvalue weighted by Gasteiger charge is -2.27. The maximum absolute atomic E-state index is 13.6. The third kappa shape index (κ3) is 4.59. The molecule has 0 aliphatic carbocycles. The summed E-state index contributed by atoms with van der Waals surface area (Å²) in [6.45, 7) is 1.37. The number of morpholine rings is 1. The predicted molar refractivity (Wildman–Crippen MR) is 93.6 cm³/mol. The van der Waals surface area contributed by atoms with Crippen molar-refractivity contribution in [1.82, 2.24) is 4.90 Å². The van der Waals surface area contributed by atoms with E-state index in [2.05, 4.69) is 5.32 Å². The van der Waals surface area contributed by atoms with Gasteiger partial charge in [0.1, 0.15) is 23.1 Å². The molecule has 6 nitrogen and oxygen atoms in total. The van der Waals surface area contributed by atoms with Gasteiger partial charge in [-0.05, 0) is 24.3 Å². The van der Waals surface area contributed by atoms with Crippen molar-refractivity contribution in [1.29, 1.82) is 0 Å². The lowest BCUT2D eigenvalue weighted by Crippen LogP contribution is -2.40. The zero-order valence-corrected chi connectivity index (χ0v) is 14.4. The largest absolute Gasteiger partial charge is 0.483 e. The smallest absolute Gasteiger partial charge is 0.262 e. The summed E-state index contributed by atoms with van der Waals surface area (Å²) in [4.78, 5) is 26.3. The van der Waals surface area contributed by atoms with Gasteiger partial charge in [-0.25, -0.2) is 8.78 Å². The molecule has 0 atom stereocenters. The molecule has 8 heteroatoms.